The van der Waals surface area contributed by atoms with E-state index in [0.717, 1.165) is 22.4 Å². The molecule has 4 amide bonds. The van der Waals surface area contributed by atoms with E-state index in [1.54, 1.807) is 22.3 Å². The molecule has 4 rings (SSSR count). The summed E-state index contributed by atoms with van der Waals surface area (Å²) < 4.78 is 0. The number of carbonyl (C=O) groups is 3. The van der Waals surface area contributed by atoms with Crippen LogP contribution in [0.15, 0.2) is 53.6 Å². The lowest BCUT2D eigenvalue weighted by Crippen LogP contribution is -2.44. The van der Waals surface area contributed by atoms with E-state index < -0.39 is 11.9 Å². The minimum Gasteiger partial charge on any atom is -0.336 e. The van der Waals surface area contributed by atoms with E-state index in [9.17, 15) is 14.4 Å². The average Bonchev–Trinajstić information content (AvgIpc) is 3.26. The summed E-state index contributed by atoms with van der Waals surface area (Å²) >= 11 is 1.70. The fourth-order valence-corrected chi connectivity index (χ4v) is 4.18. The number of urea groups is 1. The second-order valence-corrected chi connectivity index (χ2v) is 7.56. The lowest BCUT2D eigenvalue weighted by Gasteiger charge is -2.28. The van der Waals surface area contributed by atoms with Crippen LogP contribution >= 0.6 is 11.3 Å². The predicted octanol–water partition coefficient (Wildman–Crippen LogP) is 2.31. The van der Waals surface area contributed by atoms with E-state index in [4.69, 9.17) is 0 Å². The van der Waals surface area contributed by atoms with E-state index in [1.165, 1.54) is 4.88 Å². The Morgan fingerprint density at radius 2 is 2.00 bits per heavy atom. The van der Waals surface area contributed by atoms with Crippen LogP contribution in [-0.4, -0.2) is 40.7 Å². The number of hydrogen-bond acceptors (Lipinski definition) is 4. The lowest BCUT2D eigenvalue weighted by molar-refractivity contribution is -0.136. The van der Waals surface area contributed by atoms with Gasteiger partial charge < -0.3 is 10.2 Å². The number of allylic oxidation sites excluding steroid dienone is 1. The van der Waals surface area contributed by atoms with Crippen LogP contribution in [0.1, 0.15) is 16.0 Å². The topological polar surface area (TPSA) is 69.7 Å². The van der Waals surface area contributed by atoms with Crippen molar-refractivity contribution in [1.82, 2.24) is 15.1 Å². The number of hydrogen-bond donors (Lipinski definition) is 1. The molecular weight excluding hydrogens is 362 g/mol. The third kappa shape index (κ3) is 3.64. The van der Waals surface area contributed by atoms with Crippen LogP contribution in [-0.2, 0) is 29.0 Å². The maximum atomic E-state index is 12.6. The molecule has 0 aliphatic carbocycles. The highest BCUT2D eigenvalue weighted by molar-refractivity contribution is 7.10. The maximum Gasteiger partial charge on any atom is 0.329 e. The van der Waals surface area contributed by atoms with E-state index in [2.05, 4.69) is 5.32 Å². The third-order valence-electron chi connectivity index (χ3n) is 4.80. The SMILES string of the molecule is O=C(CN1C(=O)N/C(=C\Cc2ccccc2)C1=O)N1CCc2sccc2C1. The summed E-state index contributed by atoms with van der Waals surface area (Å²) in [5.74, 6) is -0.655. The number of nitrogens with one attached hydrogen (secondary N) is 1. The van der Waals surface area contributed by atoms with Crippen LogP contribution in [0.25, 0.3) is 0 Å². The molecule has 6 nitrogen and oxygen atoms in total. The van der Waals surface area contributed by atoms with Gasteiger partial charge in [0.2, 0.25) is 5.91 Å². The van der Waals surface area contributed by atoms with E-state index in [0.29, 0.717) is 19.5 Å². The molecule has 1 saturated heterocycles. The maximum absolute atomic E-state index is 12.6. The van der Waals surface area contributed by atoms with Crippen molar-refractivity contribution < 1.29 is 14.4 Å². The molecular formula is C20H19N3O3S. The average molecular weight is 381 g/mol. The van der Waals surface area contributed by atoms with Crippen molar-refractivity contribution in [2.24, 2.45) is 0 Å². The van der Waals surface area contributed by atoms with Crippen LogP contribution in [0.3, 0.4) is 0 Å². The zero-order chi connectivity index (χ0) is 18.8. The van der Waals surface area contributed by atoms with Gasteiger partial charge in [0.05, 0.1) is 0 Å². The number of rotatable bonds is 4. The van der Waals surface area contributed by atoms with Gasteiger partial charge in [0.1, 0.15) is 12.2 Å². The molecule has 0 bridgehead atoms. The number of amides is 4. The number of carbonyl (C=O) groups excluding carboxylic acids is 3. The molecule has 7 heteroatoms. The van der Waals surface area contributed by atoms with Crippen LogP contribution in [0.4, 0.5) is 4.79 Å². The molecule has 0 saturated carbocycles. The summed E-state index contributed by atoms with van der Waals surface area (Å²) in [6.07, 6.45) is 3.05. The molecule has 0 atom stereocenters. The molecule has 2 aliphatic rings. The van der Waals surface area contributed by atoms with Gasteiger partial charge in [0, 0.05) is 18.0 Å². The standard InChI is InChI=1S/C20H19N3O3S/c24-18(22-10-8-17-15(12-22)9-11-27-17)13-23-19(25)16(21-20(23)26)7-6-14-4-2-1-3-5-14/h1-5,7,9,11H,6,8,10,12-13H2,(H,21,26)/b16-7-. The minimum absolute atomic E-state index is 0.209. The zero-order valence-electron chi connectivity index (χ0n) is 14.7. The van der Waals surface area contributed by atoms with Gasteiger partial charge in [-0.2, -0.15) is 0 Å². The summed E-state index contributed by atoms with van der Waals surface area (Å²) in [5, 5.41) is 4.60. The van der Waals surface area contributed by atoms with Crippen molar-refractivity contribution in [2.45, 2.75) is 19.4 Å². The Bertz CT molecular complexity index is 920. The quantitative estimate of drug-likeness (QED) is 0.653. The van der Waals surface area contributed by atoms with Gasteiger partial charge in [-0.15, -0.1) is 11.3 Å². The number of benzene rings is 1. The molecule has 2 aliphatic heterocycles. The molecule has 1 fully saturated rings. The molecule has 1 N–H and O–H groups in total. The number of thiophene rings is 1. The van der Waals surface area contributed by atoms with Gasteiger partial charge in [-0.1, -0.05) is 36.4 Å². The Hall–Kier alpha value is -2.93. The van der Waals surface area contributed by atoms with Crippen molar-refractivity contribution in [3.63, 3.8) is 0 Å². The van der Waals surface area contributed by atoms with Crippen LogP contribution in [0.2, 0.25) is 0 Å². The third-order valence-corrected chi connectivity index (χ3v) is 5.82. The molecule has 3 heterocycles. The Morgan fingerprint density at radius 1 is 1.19 bits per heavy atom. The molecule has 138 valence electrons. The van der Waals surface area contributed by atoms with Gasteiger partial charge in [0.25, 0.3) is 5.91 Å². The monoisotopic (exact) mass is 381 g/mol. The van der Waals surface area contributed by atoms with Crippen molar-refractivity contribution in [3.05, 3.63) is 69.6 Å². The lowest BCUT2D eigenvalue weighted by atomic mass is 10.1. The highest BCUT2D eigenvalue weighted by atomic mass is 32.1. The molecule has 1 aromatic carbocycles. The number of fused-ring (bicyclic) bond motifs is 1. The Morgan fingerprint density at radius 3 is 2.81 bits per heavy atom. The first kappa shape index (κ1) is 17.5. The van der Waals surface area contributed by atoms with Crippen molar-refractivity contribution in [2.75, 3.05) is 13.1 Å². The molecule has 1 aromatic heterocycles. The fraction of sp³-hybridized carbons (Fsp3) is 0.250. The normalized spacial score (nSPS) is 18.0. The molecule has 0 radical (unpaired) electrons. The highest BCUT2D eigenvalue weighted by Gasteiger charge is 2.36. The fourth-order valence-electron chi connectivity index (χ4n) is 3.29. The summed E-state index contributed by atoms with van der Waals surface area (Å²) in [6.45, 7) is 0.928. The molecule has 2 aromatic rings. The van der Waals surface area contributed by atoms with Crippen LogP contribution < -0.4 is 5.32 Å². The van der Waals surface area contributed by atoms with Gasteiger partial charge in [0.15, 0.2) is 0 Å². The zero-order valence-corrected chi connectivity index (χ0v) is 15.5. The van der Waals surface area contributed by atoms with Crippen molar-refractivity contribution in [3.8, 4) is 0 Å². The van der Waals surface area contributed by atoms with Crippen molar-refractivity contribution in [1.29, 1.82) is 0 Å². The number of nitrogens with zero attached hydrogens (tertiary/aromatic N) is 2. The van der Waals surface area contributed by atoms with E-state index >= 15 is 0 Å². The largest absolute Gasteiger partial charge is 0.336 e. The minimum atomic E-state index is -0.541. The molecule has 0 unspecified atom stereocenters. The first-order valence-corrected chi connectivity index (χ1v) is 9.70. The summed E-state index contributed by atoms with van der Waals surface area (Å²) in [5.41, 5.74) is 2.43. The van der Waals surface area contributed by atoms with Gasteiger partial charge in [-0.05, 0) is 35.4 Å². The Balaban J connectivity index is 1.40. The van der Waals surface area contributed by atoms with E-state index in [-0.39, 0.29) is 18.1 Å². The molecule has 27 heavy (non-hydrogen) atoms. The Kier molecular flexibility index (Phi) is 4.77. The second-order valence-electron chi connectivity index (χ2n) is 6.56. The van der Waals surface area contributed by atoms with Gasteiger partial charge >= 0.3 is 6.03 Å². The van der Waals surface area contributed by atoms with E-state index in [1.807, 2.05) is 41.8 Å². The summed E-state index contributed by atoms with van der Waals surface area (Å²) in [4.78, 5) is 41.3. The number of imide groups is 1. The smallest absolute Gasteiger partial charge is 0.329 e. The summed E-state index contributed by atoms with van der Waals surface area (Å²) in [7, 11) is 0. The summed E-state index contributed by atoms with van der Waals surface area (Å²) in [6, 6.07) is 11.2. The van der Waals surface area contributed by atoms with Crippen molar-refractivity contribution >= 4 is 29.2 Å². The van der Waals surface area contributed by atoms with Crippen LogP contribution in [0.5, 0.6) is 0 Å². The van der Waals surface area contributed by atoms with Crippen LogP contribution in [0, 0.1) is 0 Å². The van der Waals surface area contributed by atoms with Gasteiger partial charge in [-0.25, -0.2) is 9.69 Å². The highest BCUT2D eigenvalue weighted by Crippen LogP contribution is 2.24. The molecule has 0 spiro atoms. The second kappa shape index (κ2) is 7.36. The first-order chi connectivity index (χ1) is 13.1. The Labute approximate surface area is 161 Å². The first-order valence-electron chi connectivity index (χ1n) is 8.82. The predicted molar refractivity (Wildman–Crippen MR) is 102 cm³/mol. The van der Waals surface area contributed by atoms with Gasteiger partial charge in [-0.3, -0.25) is 9.59 Å².